The van der Waals surface area contributed by atoms with Gasteiger partial charge in [-0.25, -0.2) is 4.79 Å². The Bertz CT molecular complexity index is 109. The maximum Gasteiger partial charge on any atom is 0.417 e. The monoisotopic (exact) mass is 193 g/mol. The van der Waals surface area contributed by atoms with Gasteiger partial charge < -0.3 is 4.74 Å². The molecule has 0 N–H and O–H groups in total. The van der Waals surface area contributed by atoms with Crippen molar-refractivity contribution in [2.45, 2.75) is 25.5 Å². The van der Waals surface area contributed by atoms with Crippen molar-refractivity contribution in [2.75, 3.05) is 12.4 Å². The summed E-state index contributed by atoms with van der Waals surface area (Å²) in [6.07, 6.45) is 0. The molecule has 0 atom stereocenters. The highest BCUT2D eigenvalue weighted by Crippen LogP contribution is 2.34. The highest BCUT2D eigenvalue weighted by molar-refractivity contribution is 8.77. The number of hydrogen-bond donors (Lipinski definition) is 0. The second-order valence-electron chi connectivity index (χ2n) is 2.95. The van der Waals surface area contributed by atoms with Crippen LogP contribution in [0.5, 0.6) is 0 Å². The molecule has 0 unspecified atom stereocenters. The topological polar surface area (TPSA) is 26.3 Å². The molecule has 0 aromatic rings. The van der Waals surface area contributed by atoms with E-state index < -0.39 is 0 Å². The zero-order valence-corrected chi connectivity index (χ0v) is 8.68. The van der Waals surface area contributed by atoms with E-state index in [1.165, 1.54) is 6.47 Å². The molecule has 4 heteroatoms. The van der Waals surface area contributed by atoms with Gasteiger partial charge in [0, 0.05) is 10.5 Å². The molecular formula is C7H13O2S2. The Kier molecular flexibility index (Phi) is 5.86. The first-order chi connectivity index (χ1) is 5.06. The van der Waals surface area contributed by atoms with E-state index in [2.05, 4.69) is 25.5 Å². The lowest BCUT2D eigenvalue weighted by Gasteiger charge is -2.15. The van der Waals surface area contributed by atoms with Gasteiger partial charge in [-0.15, -0.1) is 0 Å². The minimum atomic E-state index is 0.273. The van der Waals surface area contributed by atoms with E-state index in [4.69, 9.17) is 0 Å². The molecule has 0 spiro atoms. The summed E-state index contributed by atoms with van der Waals surface area (Å²) in [5, 5.41) is 0. The van der Waals surface area contributed by atoms with Gasteiger partial charge >= 0.3 is 6.47 Å². The van der Waals surface area contributed by atoms with Crippen LogP contribution in [-0.4, -0.2) is 23.6 Å². The Morgan fingerprint density at radius 2 is 2.09 bits per heavy atom. The van der Waals surface area contributed by atoms with Gasteiger partial charge in [-0.1, -0.05) is 42.4 Å². The van der Waals surface area contributed by atoms with Gasteiger partial charge in [-0.05, 0) is 0 Å². The Morgan fingerprint density at radius 3 is 2.55 bits per heavy atom. The maximum absolute atomic E-state index is 9.60. The average molecular weight is 193 g/mol. The number of carbonyl (C=O) groups excluding carboxylic acids is 1. The van der Waals surface area contributed by atoms with Crippen molar-refractivity contribution in [1.82, 2.24) is 0 Å². The molecule has 2 nitrogen and oxygen atoms in total. The van der Waals surface area contributed by atoms with Crippen molar-refractivity contribution in [3.63, 3.8) is 0 Å². The van der Waals surface area contributed by atoms with Gasteiger partial charge in [-0.2, -0.15) is 0 Å². The first kappa shape index (κ1) is 11.2. The average Bonchev–Trinajstić information content (AvgIpc) is 1.85. The quantitative estimate of drug-likeness (QED) is 0.494. The number of ether oxygens (including phenoxy) is 1. The highest BCUT2D eigenvalue weighted by Gasteiger charge is 2.10. The van der Waals surface area contributed by atoms with E-state index in [9.17, 15) is 4.79 Å². The molecule has 0 aliphatic heterocycles. The second-order valence-corrected chi connectivity index (χ2v) is 6.19. The largest absolute Gasteiger partial charge is 0.456 e. The van der Waals surface area contributed by atoms with Crippen LogP contribution in [0.25, 0.3) is 0 Å². The van der Waals surface area contributed by atoms with E-state index >= 15 is 0 Å². The third-order valence-corrected chi connectivity index (χ3v) is 3.94. The van der Waals surface area contributed by atoms with Crippen LogP contribution in [0.3, 0.4) is 0 Å². The first-order valence-corrected chi connectivity index (χ1v) is 5.68. The predicted molar refractivity (Wildman–Crippen MR) is 51.4 cm³/mol. The molecule has 1 radical (unpaired) electrons. The summed E-state index contributed by atoms with van der Waals surface area (Å²) in [6.45, 7) is 8.30. The smallest absolute Gasteiger partial charge is 0.417 e. The third-order valence-electron chi connectivity index (χ3n) is 0.637. The van der Waals surface area contributed by atoms with Crippen molar-refractivity contribution in [3.05, 3.63) is 0 Å². The summed E-state index contributed by atoms with van der Waals surface area (Å²) >= 11 is 0. The lowest BCUT2D eigenvalue weighted by atomic mass is 10.3. The number of rotatable bonds is 5. The molecule has 0 aliphatic rings. The molecule has 0 rings (SSSR count). The maximum atomic E-state index is 9.60. The van der Waals surface area contributed by atoms with Gasteiger partial charge in [0.15, 0.2) is 0 Å². The van der Waals surface area contributed by atoms with Crippen LogP contribution in [0.2, 0.25) is 0 Å². The molecule has 11 heavy (non-hydrogen) atoms. The molecule has 0 saturated heterocycles. The summed E-state index contributed by atoms with van der Waals surface area (Å²) in [6, 6.07) is 0. The molecule has 0 saturated carbocycles. The van der Waals surface area contributed by atoms with Crippen LogP contribution in [0.4, 0.5) is 0 Å². The Hall–Kier alpha value is 0.170. The molecule has 0 bridgehead atoms. The van der Waals surface area contributed by atoms with Crippen LogP contribution < -0.4 is 0 Å². The van der Waals surface area contributed by atoms with Crippen molar-refractivity contribution in [2.24, 2.45) is 0 Å². The summed E-state index contributed by atoms with van der Waals surface area (Å²) in [5.41, 5.74) is 0. The Labute approximate surface area is 75.9 Å². The molecular weight excluding hydrogens is 180 g/mol. The highest BCUT2D eigenvalue weighted by atomic mass is 33.1. The second kappa shape index (κ2) is 5.77. The van der Waals surface area contributed by atoms with Crippen molar-refractivity contribution in [3.8, 4) is 0 Å². The van der Waals surface area contributed by atoms with Gasteiger partial charge in [0.1, 0.15) is 6.61 Å². The molecule has 0 aromatic carbocycles. The van der Waals surface area contributed by atoms with Crippen LogP contribution in [0.1, 0.15) is 20.8 Å². The fraction of sp³-hybridized carbons (Fsp3) is 0.857. The standard InChI is InChI=1S/C7H13O2S2/c1-7(2,3)11-10-5-4-9-6-8/h4-5H2,1-3H3. The molecule has 65 valence electrons. The molecule has 0 aromatic heterocycles. The zero-order valence-electron chi connectivity index (χ0n) is 7.05. The first-order valence-electron chi connectivity index (χ1n) is 3.36. The minimum absolute atomic E-state index is 0.273. The molecule has 0 fully saturated rings. The predicted octanol–water partition coefficient (Wildman–Crippen LogP) is 2.25. The number of hydrogen-bond acceptors (Lipinski definition) is 4. The molecule has 0 heterocycles. The fourth-order valence-corrected chi connectivity index (χ4v) is 2.44. The van der Waals surface area contributed by atoms with Gasteiger partial charge in [-0.3, -0.25) is 0 Å². The summed E-state index contributed by atoms with van der Waals surface area (Å²) < 4.78 is 4.68. The van der Waals surface area contributed by atoms with Crippen LogP contribution in [0, 0.1) is 0 Å². The fourth-order valence-electron chi connectivity index (χ4n) is 0.336. The SMILES string of the molecule is CC(C)(C)SSCCO[C]=O. The van der Waals surface area contributed by atoms with E-state index in [1.807, 2.05) is 0 Å². The van der Waals surface area contributed by atoms with Gasteiger partial charge in [0.2, 0.25) is 0 Å². The minimum Gasteiger partial charge on any atom is -0.456 e. The van der Waals surface area contributed by atoms with Crippen LogP contribution in [0.15, 0.2) is 0 Å². The summed E-state index contributed by atoms with van der Waals surface area (Å²) in [4.78, 5) is 9.60. The van der Waals surface area contributed by atoms with E-state index in [1.54, 1.807) is 21.6 Å². The summed E-state index contributed by atoms with van der Waals surface area (Å²) in [7, 11) is 3.50. The summed E-state index contributed by atoms with van der Waals surface area (Å²) in [5.74, 6) is 0.831. The van der Waals surface area contributed by atoms with E-state index in [-0.39, 0.29) is 4.75 Å². The van der Waals surface area contributed by atoms with Gasteiger partial charge in [0.05, 0.1) is 0 Å². The van der Waals surface area contributed by atoms with Gasteiger partial charge in [0.25, 0.3) is 0 Å². The van der Waals surface area contributed by atoms with Crippen LogP contribution in [-0.2, 0) is 9.53 Å². The lowest BCUT2D eigenvalue weighted by Crippen LogP contribution is -2.05. The molecule has 0 amide bonds. The normalized spacial score (nSPS) is 11.2. The van der Waals surface area contributed by atoms with E-state index in [0.29, 0.717) is 6.61 Å². The molecule has 0 aliphatic carbocycles. The Morgan fingerprint density at radius 1 is 1.45 bits per heavy atom. The van der Waals surface area contributed by atoms with Crippen molar-refractivity contribution >= 4 is 28.1 Å². The van der Waals surface area contributed by atoms with Crippen LogP contribution >= 0.6 is 21.6 Å². The van der Waals surface area contributed by atoms with Crippen molar-refractivity contribution < 1.29 is 9.53 Å². The third kappa shape index (κ3) is 10.2. The lowest BCUT2D eigenvalue weighted by molar-refractivity contribution is 0.299. The Balaban J connectivity index is 3.08. The van der Waals surface area contributed by atoms with E-state index in [0.717, 1.165) is 5.75 Å². The zero-order chi connectivity index (χ0) is 8.74. The van der Waals surface area contributed by atoms with Crippen molar-refractivity contribution in [1.29, 1.82) is 0 Å².